The number of aromatic amines is 1. The summed E-state index contributed by atoms with van der Waals surface area (Å²) in [6.07, 6.45) is 0. The zero-order valence-electron chi connectivity index (χ0n) is 8.49. The molecule has 2 heterocycles. The third-order valence-electron chi connectivity index (χ3n) is 2.32. The van der Waals surface area contributed by atoms with Crippen LogP contribution < -0.4 is 0 Å². The van der Waals surface area contributed by atoms with Crippen LogP contribution in [0.3, 0.4) is 0 Å². The van der Waals surface area contributed by atoms with Crippen LogP contribution in [0.1, 0.15) is 5.69 Å². The number of aromatic nitrogens is 3. The summed E-state index contributed by atoms with van der Waals surface area (Å²) in [7, 11) is 0. The Morgan fingerprint density at radius 1 is 1.38 bits per heavy atom. The van der Waals surface area contributed by atoms with E-state index in [1.165, 1.54) is 0 Å². The molecule has 0 radical (unpaired) electrons. The molecule has 0 aliphatic carbocycles. The number of fused-ring (bicyclic) bond motifs is 1. The Hall–Kier alpha value is -1.81. The minimum absolute atomic E-state index is 0.616. The molecule has 1 aromatic carbocycles. The highest BCUT2D eigenvalue weighted by molar-refractivity contribution is 6.34. The standard InChI is InChI=1S/C11H8ClN3O/c1-6-5-9(16-15-6)11-13-8-4-2-3-7(12)10(8)14-11/h2-5H,1H3,(H,13,14). The van der Waals surface area contributed by atoms with Gasteiger partial charge in [-0.25, -0.2) is 4.98 Å². The SMILES string of the molecule is Cc1cc(-c2nc3c(Cl)cccc3[nH]2)on1. The molecular weight excluding hydrogens is 226 g/mol. The van der Waals surface area contributed by atoms with Gasteiger partial charge in [0.15, 0.2) is 5.82 Å². The molecule has 3 aromatic rings. The molecule has 0 fully saturated rings. The van der Waals surface area contributed by atoms with E-state index in [9.17, 15) is 0 Å². The number of H-pyrrole nitrogens is 1. The van der Waals surface area contributed by atoms with Gasteiger partial charge in [0, 0.05) is 6.07 Å². The zero-order chi connectivity index (χ0) is 11.1. The van der Waals surface area contributed by atoms with Crippen molar-refractivity contribution in [3.8, 4) is 11.6 Å². The largest absolute Gasteiger partial charge is 0.353 e. The average Bonchev–Trinajstić information content (AvgIpc) is 2.84. The van der Waals surface area contributed by atoms with Crippen molar-refractivity contribution in [1.29, 1.82) is 0 Å². The fourth-order valence-electron chi connectivity index (χ4n) is 1.59. The summed E-state index contributed by atoms with van der Waals surface area (Å²) in [5, 5.41) is 4.44. The second-order valence-electron chi connectivity index (χ2n) is 3.55. The molecule has 2 aromatic heterocycles. The first kappa shape index (κ1) is 9.42. The Kier molecular flexibility index (Phi) is 1.97. The van der Waals surface area contributed by atoms with E-state index in [-0.39, 0.29) is 0 Å². The molecule has 3 rings (SSSR count). The molecule has 0 bridgehead atoms. The predicted octanol–water partition coefficient (Wildman–Crippen LogP) is 3.18. The van der Waals surface area contributed by atoms with Crippen LogP contribution in [0.15, 0.2) is 28.8 Å². The van der Waals surface area contributed by atoms with Gasteiger partial charge in [0.1, 0.15) is 5.52 Å². The van der Waals surface area contributed by atoms with E-state index in [1.807, 2.05) is 25.1 Å². The van der Waals surface area contributed by atoms with Crippen LogP contribution in [0.2, 0.25) is 5.02 Å². The summed E-state index contributed by atoms with van der Waals surface area (Å²) in [4.78, 5) is 7.51. The van der Waals surface area contributed by atoms with E-state index in [4.69, 9.17) is 16.1 Å². The molecule has 0 aliphatic rings. The summed E-state index contributed by atoms with van der Waals surface area (Å²) in [6, 6.07) is 7.42. The first-order valence-electron chi connectivity index (χ1n) is 4.82. The van der Waals surface area contributed by atoms with Crippen LogP contribution in [-0.4, -0.2) is 15.1 Å². The molecule has 4 nitrogen and oxygen atoms in total. The van der Waals surface area contributed by atoms with E-state index in [1.54, 1.807) is 6.07 Å². The third-order valence-corrected chi connectivity index (χ3v) is 2.63. The molecular formula is C11H8ClN3O. The first-order chi connectivity index (χ1) is 7.74. The Bertz CT molecular complexity index is 656. The number of hydrogen-bond donors (Lipinski definition) is 1. The summed E-state index contributed by atoms with van der Waals surface area (Å²) in [5.41, 5.74) is 2.45. The molecule has 0 unspecified atom stereocenters. The van der Waals surface area contributed by atoms with Crippen molar-refractivity contribution in [2.24, 2.45) is 0 Å². The summed E-state index contributed by atoms with van der Waals surface area (Å²) < 4.78 is 5.13. The third kappa shape index (κ3) is 1.39. The molecule has 16 heavy (non-hydrogen) atoms. The number of halogens is 1. The number of rotatable bonds is 1. The van der Waals surface area contributed by atoms with Crippen molar-refractivity contribution in [1.82, 2.24) is 15.1 Å². The smallest absolute Gasteiger partial charge is 0.202 e. The van der Waals surface area contributed by atoms with Crippen LogP contribution >= 0.6 is 11.6 Å². The molecule has 5 heteroatoms. The molecule has 1 N–H and O–H groups in total. The number of nitrogens with zero attached hydrogens (tertiary/aromatic N) is 2. The van der Waals surface area contributed by atoms with Crippen LogP contribution in [-0.2, 0) is 0 Å². The monoisotopic (exact) mass is 233 g/mol. The molecule has 0 spiro atoms. The van der Waals surface area contributed by atoms with Gasteiger partial charge in [-0.2, -0.15) is 0 Å². The molecule has 0 saturated heterocycles. The molecule has 0 atom stereocenters. The highest BCUT2D eigenvalue weighted by Crippen LogP contribution is 2.25. The lowest BCUT2D eigenvalue weighted by atomic mass is 10.3. The molecule has 0 amide bonds. The number of para-hydroxylation sites is 1. The second kappa shape index (κ2) is 3.35. The summed E-state index contributed by atoms with van der Waals surface area (Å²) in [5.74, 6) is 1.26. The van der Waals surface area contributed by atoms with E-state index in [2.05, 4.69) is 15.1 Å². The Morgan fingerprint density at radius 2 is 2.25 bits per heavy atom. The molecule has 0 saturated carbocycles. The fourth-order valence-corrected chi connectivity index (χ4v) is 1.81. The minimum Gasteiger partial charge on any atom is -0.353 e. The van der Waals surface area contributed by atoms with E-state index >= 15 is 0 Å². The van der Waals surface area contributed by atoms with Crippen molar-refractivity contribution in [3.63, 3.8) is 0 Å². The highest BCUT2D eigenvalue weighted by atomic mass is 35.5. The van der Waals surface area contributed by atoms with Crippen molar-refractivity contribution in [2.45, 2.75) is 6.92 Å². The van der Waals surface area contributed by atoms with E-state index in [0.29, 0.717) is 16.6 Å². The van der Waals surface area contributed by atoms with Crippen LogP contribution in [0.5, 0.6) is 0 Å². The van der Waals surface area contributed by atoms with Gasteiger partial charge in [-0.15, -0.1) is 0 Å². The maximum atomic E-state index is 6.03. The summed E-state index contributed by atoms with van der Waals surface area (Å²) in [6.45, 7) is 1.86. The topological polar surface area (TPSA) is 54.7 Å². The number of aryl methyl sites for hydroxylation is 1. The summed E-state index contributed by atoms with van der Waals surface area (Å²) >= 11 is 6.03. The van der Waals surface area contributed by atoms with Gasteiger partial charge in [-0.1, -0.05) is 22.8 Å². The van der Waals surface area contributed by atoms with Crippen molar-refractivity contribution in [3.05, 3.63) is 35.0 Å². The lowest BCUT2D eigenvalue weighted by molar-refractivity contribution is 0.425. The maximum absolute atomic E-state index is 6.03. The quantitative estimate of drug-likeness (QED) is 0.702. The normalized spacial score (nSPS) is 11.1. The lowest BCUT2D eigenvalue weighted by Crippen LogP contribution is -1.74. The number of imidazole rings is 1. The number of hydrogen-bond acceptors (Lipinski definition) is 3. The van der Waals surface area contributed by atoms with Crippen molar-refractivity contribution >= 4 is 22.6 Å². The highest BCUT2D eigenvalue weighted by Gasteiger charge is 2.11. The predicted molar refractivity (Wildman–Crippen MR) is 61.3 cm³/mol. The first-order valence-corrected chi connectivity index (χ1v) is 5.20. The molecule has 0 aliphatic heterocycles. The van der Waals surface area contributed by atoms with Gasteiger partial charge in [-0.05, 0) is 19.1 Å². The van der Waals surface area contributed by atoms with Gasteiger partial charge in [-0.3, -0.25) is 0 Å². The molecule has 80 valence electrons. The van der Waals surface area contributed by atoms with E-state index < -0.39 is 0 Å². The Morgan fingerprint density at radius 3 is 2.94 bits per heavy atom. The van der Waals surface area contributed by atoms with Gasteiger partial charge < -0.3 is 9.51 Å². The maximum Gasteiger partial charge on any atom is 0.202 e. The zero-order valence-corrected chi connectivity index (χ0v) is 9.25. The van der Waals surface area contributed by atoms with E-state index in [0.717, 1.165) is 16.7 Å². The van der Waals surface area contributed by atoms with Crippen molar-refractivity contribution in [2.75, 3.05) is 0 Å². The second-order valence-corrected chi connectivity index (χ2v) is 3.96. The average molecular weight is 234 g/mol. The van der Waals surface area contributed by atoms with Crippen molar-refractivity contribution < 1.29 is 4.52 Å². The van der Waals surface area contributed by atoms with Gasteiger partial charge in [0.2, 0.25) is 5.76 Å². The Balaban J connectivity index is 2.22. The lowest BCUT2D eigenvalue weighted by Gasteiger charge is -1.88. The Labute approximate surface area is 96.2 Å². The van der Waals surface area contributed by atoms with Gasteiger partial charge in [0.05, 0.1) is 16.2 Å². The fraction of sp³-hybridized carbons (Fsp3) is 0.0909. The van der Waals surface area contributed by atoms with Gasteiger partial charge >= 0.3 is 0 Å². The number of benzene rings is 1. The van der Waals surface area contributed by atoms with Crippen LogP contribution in [0, 0.1) is 6.92 Å². The van der Waals surface area contributed by atoms with Gasteiger partial charge in [0.25, 0.3) is 0 Å². The van der Waals surface area contributed by atoms with Crippen LogP contribution in [0.25, 0.3) is 22.6 Å². The minimum atomic E-state index is 0.616. The number of nitrogens with one attached hydrogen (secondary N) is 1. The van der Waals surface area contributed by atoms with Crippen LogP contribution in [0.4, 0.5) is 0 Å².